The number of hydrogen-bond donors (Lipinski definition) is 1. The molecule has 1 N–H and O–H groups in total. The molecule has 0 saturated heterocycles. The van der Waals surface area contributed by atoms with Gasteiger partial charge in [-0.2, -0.15) is 5.10 Å². The number of pyridine rings is 1. The van der Waals surface area contributed by atoms with Crippen molar-refractivity contribution in [1.82, 2.24) is 10.4 Å². The number of halogens is 2. The summed E-state index contributed by atoms with van der Waals surface area (Å²) in [5, 5.41) is 4.67. The Bertz CT molecular complexity index is 683. The number of ether oxygens (including phenoxy) is 1. The highest BCUT2D eigenvalue weighted by atomic mass is 35.5. The highest BCUT2D eigenvalue weighted by molar-refractivity contribution is 6.37. The van der Waals surface area contributed by atoms with Crippen molar-refractivity contribution in [1.29, 1.82) is 0 Å². The molecule has 0 bridgehead atoms. The molecule has 5 nitrogen and oxygen atoms in total. The highest BCUT2D eigenvalue weighted by Crippen LogP contribution is 2.33. The van der Waals surface area contributed by atoms with E-state index in [0.717, 1.165) is 6.42 Å². The number of hydrogen-bond acceptors (Lipinski definition) is 4. The zero-order chi connectivity index (χ0) is 16.7. The van der Waals surface area contributed by atoms with E-state index < -0.39 is 0 Å². The lowest BCUT2D eigenvalue weighted by atomic mass is 10.2. The molecular weight excluding hydrogens is 337 g/mol. The molecule has 2 rings (SSSR count). The van der Waals surface area contributed by atoms with E-state index in [4.69, 9.17) is 27.9 Å². The van der Waals surface area contributed by atoms with Crippen molar-refractivity contribution in [2.45, 2.75) is 13.3 Å². The first-order chi connectivity index (χ1) is 11.1. The summed E-state index contributed by atoms with van der Waals surface area (Å²) in [4.78, 5) is 15.7. The van der Waals surface area contributed by atoms with Gasteiger partial charge < -0.3 is 4.74 Å². The van der Waals surface area contributed by atoms with Gasteiger partial charge in [-0.3, -0.25) is 9.78 Å². The molecule has 1 aromatic heterocycles. The number of amides is 1. The molecule has 0 aliphatic carbocycles. The predicted molar refractivity (Wildman–Crippen MR) is 91.5 cm³/mol. The molecule has 2 aromatic rings. The van der Waals surface area contributed by atoms with Gasteiger partial charge in [0.05, 0.1) is 28.4 Å². The molecular formula is C16H15Cl2N3O2. The van der Waals surface area contributed by atoms with Gasteiger partial charge in [-0.25, -0.2) is 5.43 Å². The fourth-order valence-electron chi connectivity index (χ4n) is 1.72. The van der Waals surface area contributed by atoms with Crippen LogP contribution < -0.4 is 10.2 Å². The third kappa shape index (κ3) is 4.94. The summed E-state index contributed by atoms with van der Waals surface area (Å²) in [5.74, 6) is 0.0983. The first kappa shape index (κ1) is 17.2. The molecule has 0 aliphatic heterocycles. The van der Waals surface area contributed by atoms with Crippen LogP contribution in [0.1, 0.15) is 29.3 Å². The molecule has 0 spiro atoms. The summed E-state index contributed by atoms with van der Waals surface area (Å²) < 4.78 is 5.49. The molecule has 0 radical (unpaired) electrons. The Morgan fingerprint density at radius 3 is 2.74 bits per heavy atom. The summed E-state index contributed by atoms with van der Waals surface area (Å²) in [6.07, 6.45) is 5.36. The number of hydrazone groups is 1. The Kier molecular flexibility index (Phi) is 6.38. The minimum Gasteiger partial charge on any atom is -0.490 e. The van der Waals surface area contributed by atoms with E-state index in [1.165, 1.54) is 12.4 Å². The third-order valence-electron chi connectivity index (χ3n) is 2.77. The standard InChI is InChI=1S/C16H15Cl2N3O2/c1-2-6-23-15-13(17)7-11(8-14(15)18)9-20-21-16(22)12-4-3-5-19-10-12/h3-5,7-10H,2,6H2,1H3,(H,21,22)/b20-9-. The van der Waals surface area contributed by atoms with Crippen molar-refractivity contribution < 1.29 is 9.53 Å². The summed E-state index contributed by atoms with van der Waals surface area (Å²) in [6, 6.07) is 6.65. The molecule has 0 aliphatic rings. The van der Waals surface area contributed by atoms with Crippen LogP contribution in [0.25, 0.3) is 0 Å². The minimum atomic E-state index is -0.352. The van der Waals surface area contributed by atoms with E-state index in [0.29, 0.717) is 33.5 Å². The number of rotatable bonds is 6. The Labute approximate surface area is 144 Å². The maximum Gasteiger partial charge on any atom is 0.272 e. The fourth-order valence-corrected chi connectivity index (χ4v) is 2.34. The average Bonchev–Trinajstić information content (AvgIpc) is 2.55. The summed E-state index contributed by atoms with van der Waals surface area (Å²) in [6.45, 7) is 2.53. The van der Waals surface area contributed by atoms with Crippen molar-refractivity contribution in [3.63, 3.8) is 0 Å². The van der Waals surface area contributed by atoms with Gasteiger partial charge in [0.1, 0.15) is 0 Å². The number of aromatic nitrogens is 1. The monoisotopic (exact) mass is 351 g/mol. The van der Waals surface area contributed by atoms with Crippen molar-refractivity contribution in [3.05, 3.63) is 57.8 Å². The largest absolute Gasteiger partial charge is 0.490 e. The van der Waals surface area contributed by atoms with E-state index in [1.54, 1.807) is 30.5 Å². The van der Waals surface area contributed by atoms with Gasteiger partial charge in [-0.1, -0.05) is 30.1 Å². The van der Waals surface area contributed by atoms with Crippen LogP contribution in [0.4, 0.5) is 0 Å². The molecule has 0 atom stereocenters. The van der Waals surface area contributed by atoms with Crippen LogP contribution in [0.5, 0.6) is 5.75 Å². The smallest absolute Gasteiger partial charge is 0.272 e. The van der Waals surface area contributed by atoms with Crippen LogP contribution in [0.15, 0.2) is 41.8 Å². The maximum absolute atomic E-state index is 11.8. The number of carbonyl (C=O) groups is 1. The Balaban J connectivity index is 2.04. The molecule has 7 heteroatoms. The second kappa shape index (κ2) is 8.50. The Morgan fingerprint density at radius 1 is 1.39 bits per heavy atom. The third-order valence-corrected chi connectivity index (χ3v) is 3.34. The van der Waals surface area contributed by atoms with Crippen LogP contribution in [-0.4, -0.2) is 23.7 Å². The van der Waals surface area contributed by atoms with Crippen molar-refractivity contribution in [2.24, 2.45) is 5.10 Å². The molecule has 1 amide bonds. The van der Waals surface area contributed by atoms with Crippen LogP contribution >= 0.6 is 23.2 Å². The van der Waals surface area contributed by atoms with E-state index in [-0.39, 0.29) is 5.91 Å². The quantitative estimate of drug-likeness (QED) is 0.633. The number of benzene rings is 1. The zero-order valence-corrected chi connectivity index (χ0v) is 13.9. The van der Waals surface area contributed by atoms with Gasteiger partial charge >= 0.3 is 0 Å². The normalized spacial score (nSPS) is 10.7. The minimum absolute atomic E-state index is 0.352. The molecule has 0 saturated carbocycles. The summed E-state index contributed by atoms with van der Waals surface area (Å²) in [5.41, 5.74) is 3.48. The SMILES string of the molecule is CCCOc1c(Cl)cc(/C=N\NC(=O)c2cccnc2)cc1Cl. The Hall–Kier alpha value is -2.11. The molecule has 1 aromatic carbocycles. The Morgan fingerprint density at radius 2 is 2.13 bits per heavy atom. The van der Waals surface area contributed by atoms with E-state index in [1.807, 2.05) is 6.92 Å². The summed E-state index contributed by atoms with van der Waals surface area (Å²) in [7, 11) is 0. The maximum atomic E-state index is 11.8. The zero-order valence-electron chi connectivity index (χ0n) is 12.4. The second-order valence-electron chi connectivity index (χ2n) is 4.60. The van der Waals surface area contributed by atoms with Crippen LogP contribution in [0.2, 0.25) is 10.0 Å². The van der Waals surface area contributed by atoms with Gasteiger partial charge in [0.25, 0.3) is 5.91 Å². The number of nitrogens with zero attached hydrogens (tertiary/aromatic N) is 2. The van der Waals surface area contributed by atoms with E-state index in [9.17, 15) is 4.79 Å². The fraction of sp³-hybridized carbons (Fsp3) is 0.188. The van der Waals surface area contributed by atoms with Crippen LogP contribution in [-0.2, 0) is 0 Å². The first-order valence-electron chi connectivity index (χ1n) is 6.97. The van der Waals surface area contributed by atoms with Crippen LogP contribution in [0.3, 0.4) is 0 Å². The summed E-state index contributed by atoms with van der Waals surface area (Å²) >= 11 is 12.3. The lowest BCUT2D eigenvalue weighted by Crippen LogP contribution is -2.17. The second-order valence-corrected chi connectivity index (χ2v) is 5.42. The molecule has 0 unspecified atom stereocenters. The van der Waals surface area contributed by atoms with E-state index in [2.05, 4.69) is 15.5 Å². The molecule has 120 valence electrons. The van der Waals surface area contributed by atoms with E-state index >= 15 is 0 Å². The molecule has 1 heterocycles. The van der Waals surface area contributed by atoms with Gasteiger partial charge in [-0.05, 0) is 36.2 Å². The topological polar surface area (TPSA) is 63.6 Å². The van der Waals surface area contributed by atoms with Crippen molar-refractivity contribution >= 4 is 35.3 Å². The van der Waals surface area contributed by atoms with Crippen molar-refractivity contribution in [3.8, 4) is 5.75 Å². The number of carbonyl (C=O) groups excluding carboxylic acids is 1. The highest BCUT2D eigenvalue weighted by Gasteiger charge is 2.09. The van der Waals surface area contributed by atoms with Gasteiger partial charge in [-0.15, -0.1) is 0 Å². The van der Waals surface area contributed by atoms with Gasteiger partial charge in [0.2, 0.25) is 0 Å². The molecule has 0 fully saturated rings. The van der Waals surface area contributed by atoms with Crippen molar-refractivity contribution in [2.75, 3.05) is 6.61 Å². The first-order valence-corrected chi connectivity index (χ1v) is 7.72. The molecule has 23 heavy (non-hydrogen) atoms. The van der Waals surface area contributed by atoms with Crippen LogP contribution in [0, 0.1) is 0 Å². The lowest BCUT2D eigenvalue weighted by molar-refractivity contribution is 0.0955. The van der Waals surface area contributed by atoms with Gasteiger partial charge in [0, 0.05) is 12.4 Å². The lowest BCUT2D eigenvalue weighted by Gasteiger charge is -2.09. The predicted octanol–water partition coefficient (Wildman–Crippen LogP) is 3.94. The number of nitrogens with one attached hydrogen (secondary N) is 1. The average molecular weight is 352 g/mol. The van der Waals surface area contributed by atoms with Gasteiger partial charge in [0.15, 0.2) is 5.75 Å².